The molecule has 20 heavy (non-hydrogen) atoms. The predicted octanol–water partition coefficient (Wildman–Crippen LogP) is 2.98. The van der Waals surface area contributed by atoms with Gasteiger partial charge in [-0.1, -0.05) is 34.8 Å². The minimum Gasteiger partial charge on any atom is -0.481 e. The van der Waals surface area contributed by atoms with Crippen LogP contribution >= 0.6 is 34.8 Å². The Balaban J connectivity index is 2.23. The van der Waals surface area contributed by atoms with Gasteiger partial charge in [-0.3, -0.25) is 9.59 Å². The van der Waals surface area contributed by atoms with Gasteiger partial charge in [-0.25, -0.2) is 4.98 Å². The van der Waals surface area contributed by atoms with Crippen molar-refractivity contribution in [1.82, 2.24) is 9.88 Å². The van der Waals surface area contributed by atoms with Gasteiger partial charge in [-0.15, -0.1) is 0 Å². The van der Waals surface area contributed by atoms with Gasteiger partial charge in [0.1, 0.15) is 5.69 Å². The molecule has 1 aromatic heterocycles. The topological polar surface area (TPSA) is 70.5 Å². The normalized spacial score (nSPS) is 18.9. The van der Waals surface area contributed by atoms with Gasteiger partial charge in [0.25, 0.3) is 5.91 Å². The number of pyridine rings is 1. The van der Waals surface area contributed by atoms with E-state index in [0.717, 1.165) is 0 Å². The quantitative estimate of drug-likeness (QED) is 0.900. The number of aromatic nitrogens is 1. The second-order valence-electron chi connectivity index (χ2n) is 4.51. The first-order chi connectivity index (χ1) is 9.41. The predicted molar refractivity (Wildman–Crippen MR) is 75.5 cm³/mol. The van der Waals surface area contributed by atoms with E-state index in [1.807, 2.05) is 0 Å². The number of likely N-dealkylation sites (tertiary alicyclic amines) is 1. The number of carboxylic acid groups (broad SMARTS) is 1. The smallest absolute Gasteiger partial charge is 0.308 e. The Morgan fingerprint density at radius 3 is 2.65 bits per heavy atom. The molecule has 0 aliphatic carbocycles. The maximum atomic E-state index is 12.3. The zero-order chi connectivity index (χ0) is 14.9. The van der Waals surface area contributed by atoms with E-state index in [1.54, 1.807) is 0 Å². The number of rotatable bonds is 2. The van der Waals surface area contributed by atoms with Crippen molar-refractivity contribution >= 4 is 46.7 Å². The van der Waals surface area contributed by atoms with Crippen LogP contribution in [-0.2, 0) is 4.79 Å². The van der Waals surface area contributed by atoms with E-state index >= 15 is 0 Å². The summed E-state index contributed by atoms with van der Waals surface area (Å²) in [5, 5.41) is 9.24. The first-order valence-corrected chi connectivity index (χ1v) is 7.06. The highest BCUT2D eigenvalue weighted by atomic mass is 35.5. The van der Waals surface area contributed by atoms with Crippen LogP contribution in [0.25, 0.3) is 0 Å². The summed E-state index contributed by atoms with van der Waals surface area (Å²) in [6.07, 6.45) is 2.44. The van der Waals surface area contributed by atoms with Crippen molar-refractivity contribution in [3.63, 3.8) is 0 Å². The van der Waals surface area contributed by atoms with E-state index in [0.29, 0.717) is 19.4 Å². The minimum absolute atomic E-state index is 0.00731. The van der Waals surface area contributed by atoms with Crippen LogP contribution in [0.1, 0.15) is 23.3 Å². The molecule has 1 aliphatic rings. The first kappa shape index (κ1) is 15.4. The first-order valence-electron chi connectivity index (χ1n) is 5.93. The molecular weight excluding hydrogens is 327 g/mol. The molecule has 108 valence electrons. The molecule has 5 nitrogen and oxygen atoms in total. The molecule has 1 N–H and O–H groups in total. The maximum Gasteiger partial charge on any atom is 0.308 e. The van der Waals surface area contributed by atoms with E-state index in [-0.39, 0.29) is 27.3 Å². The Morgan fingerprint density at radius 1 is 1.30 bits per heavy atom. The van der Waals surface area contributed by atoms with Crippen LogP contribution in [-0.4, -0.2) is 40.0 Å². The average molecular weight is 338 g/mol. The van der Waals surface area contributed by atoms with Crippen molar-refractivity contribution in [2.75, 3.05) is 13.1 Å². The lowest BCUT2D eigenvalue weighted by Crippen LogP contribution is -2.42. The monoisotopic (exact) mass is 336 g/mol. The van der Waals surface area contributed by atoms with Gasteiger partial charge in [0.2, 0.25) is 0 Å². The summed E-state index contributed by atoms with van der Waals surface area (Å²) >= 11 is 17.6. The molecular formula is C12H11Cl3N2O3. The van der Waals surface area contributed by atoms with Gasteiger partial charge in [-0.2, -0.15) is 0 Å². The molecule has 0 radical (unpaired) electrons. The molecule has 2 heterocycles. The molecule has 0 bridgehead atoms. The summed E-state index contributed by atoms with van der Waals surface area (Å²) in [6, 6.07) is 0. The van der Waals surface area contributed by atoms with Gasteiger partial charge in [0.05, 0.1) is 21.0 Å². The molecule has 0 spiro atoms. The molecule has 0 aromatic carbocycles. The molecule has 1 fully saturated rings. The highest BCUT2D eigenvalue weighted by Crippen LogP contribution is 2.32. The van der Waals surface area contributed by atoms with Gasteiger partial charge >= 0.3 is 5.97 Å². The molecule has 0 unspecified atom stereocenters. The number of hydrogen-bond donors (Lipinski definition) is 1. The number of carboxylic acids is 1. The van der Waals surface area contributed by atoms with Crippen LogP contribution in [0.5, 0.6) is 0 Å². The van der Waals surface area contributed by atoms with Crippen LogP contribution in [0, 0.1) is 5.92 Å². The molecule has 1 saturated heterocycles. The van der Waals surface area contributed by atoms with Gasteiger partial charge in [0, 0.05) is 19.3 Å². The molecule has 1 atom stereocenters. The fourth-order valence-electron chi connectivity index (χ4n) is 2.11. The van der Waals surface area contributed by atoms with E-state index in [9.17, 15) is 9.59 Å². The van der Waals surface area contributed by atoms with Crippen molar-refractivity contribution < 1.29 is 14.7 Å². The molecule has 0 saturated carbocycles. The lowest BCUT2D eigenvalue weighted by molar-refractivity contribution is -0.143. The standard InChI is InChI=1S/C12H11Cl3N2O3/c13-7-4-16-10(9(15)8(7)14)11(18)17-3-1-2-6(5-17)12(19)20/h4,6H,1-3,5H2,(H,19,20)/t6-/m0/s1. The lowest BCUT2D eigenvalue weighted by atomic mass is 9.98. The minimum atomic E-state index is -0.907. The van der Waals surface area contributed by atoms with Crippen molar-refractivity contribution in [2.24, 2.45) is 5.92 Å². The maximum absolute atomic E-state index is 12.3. The third-order valence-electron chi connectivity index (χ3n) is 3.18. The van der Waals surface area contributed by atoms with Crippen LogP contribution in [0.15, 0.2) is 6.20 Å². The third-order valence-corrected chi connectivity index (χ3v) is 4.42. The number of carbonyl (C=O) groups excluding carboxylic acids is 1. The van der Waals surface area contributed by atoms with E-state index < -0.39 is 17.8 Å². The van der Waals surface area contributed by atoms with Crippen LogP contribution in [0.4, 0.5) is 0 Å². The molecule has 1 aromatic rings. The number of piperidine rings is 1. The second-order valence-corrected chi connectivity index (χ2v) is 5.67. The fourth-order valence-corrected chi connectivity index (χ4v) is 2.67. The number of amides is 1. The second kappa shape index (κ2) is 6.16. The highest BCUT2D eigenvalue weighted by molar-refractivity contribution is 6.48. The Labute approximate surface area is 130 Å². The summed E-state index contributed by atoms with van der Waals surface area (Å²) in [5.74, 6) is -1.90. The Bertz CT molecular complexity index is 565. The number of carbonyl (C=O) groups is 2. The summed E-state index contributed by atoms with van der Waals surface area (Å²) < 4.78 is 0. The van der Waals surface area contributed by atoms with E-state index in [1.165, 1.54) is 11.1 Å². The van der Waals surface area contributed by atoms with Crippen molar-refractivity contribution in [3.05, 3.63) is 27.0 Å². The SMILES string of the molecule is O=C(O)[C@H]1CCCN(C(=O)c2ncc(Cl)c(Cl)c2Cl)C1. The summed E-state index contributed by atoms with van der Waals surface area (Å²) in [5.41, 5.74) is -0.00731. The van der Waals surface area contributed by atoms with Crippen molar-refractivity contribution in [3.8, 4) is 0 Å². The van der Waals surface area contributed by atoms with Crippen molar-refractivity contribution in [2.45, 2.75) is 12.8 Å². The van der Waals surface area contributed by atoms with E-state index in [2.05, 4.69) is 4.98 Å². The van der Waals surface area contributed by atoms with Crippen LogP contribution < -0.4 is 0 Å². The largest absolute Gasteiger partial charge is 0.481 e. The van der Waals surface area contributed by atoms with Crippen LogP contribution in [0.2, 0.25) is 15.1 Å². The van der Waals surface area contributed by atoms with Crippen molar-refractivity contribution in [1.29, 1.82) is 0 Å². The number of nitrogens with zero attached hydrogens (tertiary/aromatic N) is 2. The lowest BCUT2D eigenvalue weighted by Gasteiger charge is -2.30. The Kier molecular flexibility index (Phi) is 4.73. The average Bonchev–Trinajstić information content (AvgIpc) is 2.44. The van der Waals surface area contributed by atoms with E-state index in [4.69, 9.17) is 39.9 Å². The Hall–Kier alpha value is -1.04. The summed E-state index contributed by atoms with van der Waals surface area (Å²) in [4.78, 5) is 28.7. The number of halogens is 3. The zero-order valence-electron chi connectivity index (χ0n) is 10.3. The molecule has 1 aliphatic heterocycles. The van der Waals surface area contributed by atoms with Gasteiger partial charge < -0.3 is 10.0 Å². The zero-order valence-corrected chi connectivity index (χ0v) is 12.5. The summed E-state index contributed by atoms with van der Waals surface area (Å²) in [6.45, 7) is 0.618. The molecule has 1 amide bonds. The molecule has 2 rings (SSSR count). The summed E-state index contributed by atoms with van der Waals surface area (Å²) in [7, 11) is 0. The van der Waals surface area contributed by atoms with Crippen LogP contribution in [0.3, 0.4) is 0 Å². The number of hydrogen-bond acceptors (Lipinski definition) is 3. The fraction of sp³-hybridized carbons (Fsp3) is 0.417. The Morgan fingerprint density at radius 2 is 2.00 bits per heavy atom. The highest BCUT2D eigenvalue weighted by Gasteiger charge is 2.30. The number of aliphatic carboxylic acids is 1. The van der Waals surface area contributed by atoms with Gasteiger partial charge in [-0.05, 0) is 12.8 Å². The molecule has 8 heteroatoms. The third kappa shape index (κ3) is 3.00. The van der Waals surface area contributed by atoms with Gasteiger partial charge in [0.15, 0.2) is 0 Å².